The summed E-state index contributed by atoms with van der Waals surface area (Å²) in [5, 5.41) is 21.9. The third-order valence-electron chi connectivity index (χ3n) is 9.36. The zero-order chi connectivity index (χ0) is 33.9. The fourth-order valence-corrected chi connectivity index (χ4v) is 12.3. The van der Waals surface area contributed by atoms with Gasteiger partial charge in [0.2, 0.25) is 0 Å². The third-order valence-corrected chi connectivity index (χ3v) is 15.0. The zero-order valence-electron chi connectivity index (χ0n) is 27.8. The highest BCUT2D eigenvalue weighted by Crippen LogP contribution is 2.56. The Kier molecular flexibility index (Phi) is 15.8. The monoisotopic (exact) mass is 823 g/mol. The van der Waals surface area contributed by atoms with Crippen molar-refractivity contribution in [3.8, 4) is 0 Å². The van der Waals surface area contributed by atoms with E-state index in [-0.39, 0.29) is 26.1 Å². The molecule has 4 rings (SSSR count). The molecule has 47 heavy (non-hydrogen) atoms. The largest absolute Gasteiger partial charge is 0.401 e. The number of unbranched alkanes of at least 4 members (excludes halogenated alkanes) is 1. The number of thioether (sulfide) groups is 1. The van der Waals surface area contributed by atoms with Crippen molar-refractivity contribution in [2.45, 2.75) is 88.4 Å². The Morgan fingerprint density at radius 2 is 2.02 bits per heavy atom. The molecular formula is C36H50ClF3IN3OS2. The van der Waals surface area contributed by atoms with E-state index in [1.165, 1.54) is 22.3 Å². The number of hydrogen-bond donors (Lipinski definition) is 3. The molecule has 1 heterocycles. The van der Waals surface area contributed by atoms with Gasteiger partial charge in [-0.05, 0) is 104 Å². The van der Waals surface area contributed by atoms with Crippen LogP contribution in [-0.2, 0) is 5.41 Å². The first-order valence-corrected chi connectivity index (χ1v) is 21.8. The van der Waals surface area contributed by atoms with Crippen LogP contribution >= 0.6 is 55.4 Å². The molecule has 3 atom stereocenters. The number of hydrogen-bond acceptors (Lipinski definition) is 6. The van der Waals surface area contributed by atoms with Crippen molar-refractivity contribution in [3.05, 3.63) is 68.4 Å². The van der Waals surface area contributed by atoms with Gasteiger partial charge in [0.05, 0.1) is 6.54 Å². The summed E-state index contributed by atoms with van der Waals surface area (Å²) in [6.45, 7) is 9.30. The lowest BCUT2D eigenvalue weighted by Crippen LogP contribution is -2.43. The van der Waals surface area contributed by atoms with E-state index in [1.54, 1.807) is 23.1 Å². The molecule has 1 aromatic carbocycles. The van der Waals surface area contributed by atoms with Crippen molar-refractivity contribution in [3.63, 3.8) is 0 Å². The van der Waals surface area contributed by atoms with Crippen LogP contribution in [0.1, 0.15) is 88.6 Å². The molecule has 1 aromatic heterocycles. The van der Waals surface area contributed by atoms with E-state index in [4.69, 9.17) is 11.6 Å². The Labute approximate surface area is 302 Å². The molecule has 0 amide bonds. The molecule has 4 nitrogen and oxygen atoms in total. The number of nitrogens with one attached hydrogen (secondary N) is 2. The van der Waals surface area contributed by atoms with Crippen LogP contribution in [0.2, 0.25) is 0 Å². The van der Waals surface area contributed by atoms with E-state index in [0.29, 0.717) is 12.5 Å². The summed E-state index contributed by atoms with van der Waals surface area (Å²) >= 11 is 9.36. The Balaban J connectivity index is 1.28. The molecule has 0 saturated carbocycles. The number of benzene rings is 1. The van der Waals surface area contributed by atoms with E-state index in [1.807, 2.05) is 24.4 Å². The molecule has 2 aliphatic carbocycles. The normalized spacial score (nSPS) is 21.0. The second kappa shape index (κ2) is 19.0. The number of aliphatic hydroxyl groups excluding tert-OH is 1. The lowest BCUT2D eigenvalue weighted by atomic mass is 9.67. The number of nitrogens with zero attached hydrogens (tertiary/aromatic N) is 1. The first-order chi connectivity index (χ1) is 22.6. The van der Waals surface area contributed by atoms with E-state index in [0.717, 1.165) is 90.4 Å². The van der Waals surface area contributed by atoms with Crippen LogP contribution in [0.4, 0.5) is 13.2 Å². The number of rotatable bonds is 19. The van der Waals surface area contributed by atoms with Gasteiger partial charge < -0.3 is 15.3 Å². The third kappa shape index (κ3) is 10.9. The highest BCUT2D eigenvalue weighted by atomic mass is 127. The maximum Gasteiger partial charge on any atom is 0.401 e. The van der Waals surface area contributed by atoms with Gasteiger partial charge in [-0.3, -0.25) is 5.32 Å². The molecule has 0 radical (unpaired) electrons. The molecule has 2 aromatic rings. The summed E-state index contributed by atoms with van der Waals surface area (Å²) in [6.07, 6.45) is 3.98. The summed E-state index contributed by atoms with van der Waals surface area (Å²) in [5.74, 6) is 0.375. The zero-order valence-corrected chi connectivity index (χ0v) is 32.3. The number of fused-ring (bicyclic) bond motifs is 2. The predicted molar refractivity (Wildman–Crippen MR) is 205 cm³/mol. The van der Waals surface area contributed by atoms with Gasteiger partial charge in [0.1, 0.15) is 6.23 Å². The lowest BCUT2D eigenvalue weighted by Gasteiger charge is -2.39. The van der Waals surface area contributed by atoms with Gasteiger partial charge in [0, 0.05) is 36.6 Å². The van der Waals surface area contributed by atoms with Crippen molar-refractivity contribution in [1.82, 2.24) is 15.5 Å². The van der Waals surface area contributed by atoms with Crippen LogP contribution in [0.15, 0.2) is 56.6 Å². The number of halogens is 5. The fourth-order valence-electron chi connectivity index (χ4n) is 7.19. The lowest BCUT2D eigenvalue weighted by molar-refractivity contribution is -0.125. The quantitative estimate of drug-likeness (QED) is 0.0433. The van der Waals surface area contributed by atoms with Crippen LogP contribution < -0.4 is 10.6 Å². The highest BCUT2D eigenvalue weighted by molar-refractivity contribution is 14.2. The topological polar surface area (TPSA) is 47.5 Å². The van der Waals surface area contributed by atoms with Crippen molar-refractivity contribution >= 4 is 65.0 Å². The summed E-state index contributed by atoms with van der Waals surface area (Å²) in [6, 6.07) is 8.45. The molecule has 2 aliphatic rings. The minimum absolute atomic E-state index is 0.135. The summed E-state index contributed by atoms with van der Waals surface area (Å²) in [4.78, 5) is 3.58. The minimum atomic E-state index is -4.23. The molecule has 0 aliphatic heterocycles. The average molecular weight is 824 g/mol. The van der Waals surface area contributed by atoms with Crippen molar-refractivity contribution in [1.29, 1.82) is 0 Å². The molecule has 3 N–H and O–H groups in total. The summed E-state index contributed by atoms with van der Waals surface area (Å²) in [7, 11) is 0. The Morgan fingerprint density at radius 1 is 1.23 bits per heavy atom. The SMILES string of the molecule is C/C=C(/Cl)C=ICSc1cscc1C(O)NCCCN(CC)CCCCC1(CNCC(F)(F)F)C2=C(CCCC2C)c2ccccc21. The predicted octanol–water partition coefficient (Wildman–Crippen LogP) is 9.85. The van der Waals surface area contributed by atoms with Crippen LogP contribution in [0.25, 0.3) is 5.57 Å². The summed E-state index contributed by atoms with van der Waals surface area (Å²) < 4.78 is 42.9. The molecule has 262 valence electrons. The highest BCUT2D eigenvalue weighted by Gasteiger charge is 2.47. The smallest absolute Gasteiger partial charge is 0.374 e. The van der Waals surface area contributed by atoms with Crippen LogP contribution in [0.5, 0.6) is 0 Å². The molecule has 0 bridgehead atoms. The van der Waals surface area contributed by atoms with E-state index in [9.17, 15) is 18.3 Å². The Morgan fingerprint density at radius 3 is 2.79 bits per heavy atom. The van der Waals surface area contributed by atoms with E-state index in [2.05, 4.69) is 57.0 Å². The van der Waals surface area contributed by atoms with E-state index >= 15 is 0 Å². The van der Waals surface area contributed by atoms with Gasteiger partial charge in [-0.25, -0.2) is 0 Å². The number of aliphatic hydroxyl groups is 1. The van der Waals surface area contributed by atoms with Gasteiger partial charge in [-0.1, -0.05) is 67.8 Å². The number of allylic oxidation sites excluding steroid dienone is 3. The molecular weight excluding hydrogens is 774 g/mol. The van der Waals surface area contributed by atoms with Crippen LogP contribution in [0, 0.1) is 5.92 Å². The van der Waals surface area contributed by atoms with Gasteiger partial charge in [-0.15, -0.1) is 32.5 Å². The molecule has 11 heteroatoms. The number of alkyl halides is 4. The maximum atomic E-state index is 13.2. The number of thiophene rings is 1. The first kappa shape index (κ1) is 39.1. The van der Waals surface area contributed by atoms with E-state index < -0.39 is 18.9 Å². The van der Waals surface area contributed by atoms with Gasteiger partial charge >= 0.3 is 6.18 Å². The maximum absolute atomic E-state index is 13.2. The average Bonchev–Trinajstić information content (AvgIpc) is 3.63. The Hall–Kier alpha value is -0.730. The Bertz CT molecular complexity index is 1380. The second-order valence-corrected chi connectivity index (χ2v) is 18.0. The second-order valence-electron chi connectivity index (χ2n) is 12.5. The molecule has 0 saturated heterocycles. The minimum Gasteiger partial charge on any atom is -0.374 e. The molecule has 0 fully saturated rings. The van der Waals surface area contributed by atoms with Crippen LogP contribution in [-0.4, -0.2) is 63.2 Å². The van der Waals surface area contributed by atoms with Crippen molar-refractivity contribution in [2.75, 3.05) is 43.0 Å². The summed E-state index contributed by atoms with van der Waals surface area (Å²) in [5.41, 5.74) is 5.83. The first-order valence-electron chi connectivity index (χ1n) is 16.8. The molecule has 3 unspecified atom stereocenters. The van der Waals surface area contributed by atoms with Crippen LogP contribution in [0.3, 0.4) is 0 Å². The van der Waals surface area contributed by atoms with Gasteiger partial charge in [-0.2, -0.15) is 24.5 Å². The standard InChI is InChI=1S/C36H50ClF3IN3OS2/c1-4-27(37)20-41-25-47-32-22-46-21-30(32)34(45)43-17-11-19-44(5-2)18-9-8-16-35(23-42-24-36(38,39)40)31-15-7-6-13-28(31)29-14-10-12-26(3)33(29)35/h4,6-7,13,15,20-22,26,34,42-43,45H,5,8-12,14,16-19,23-25H2,1-3H3/b27-4+. The van der Waals surface area contributed by atoms with Crippen molar-refractivity contribution in [2.24, 2.45) is 5.92 Å². The van der Waals surface area contributed by atoms with Gasteiger partial charge in [0.15, 0.2) is 0 Å². The van der Waals surface area contributed by atoms with Gasteiger partial charge in [0.25, 0.3) is 0 Å². The fraction of sp³-hybridized carbons (Fsp3) is 0.583. The van der Waals surface area contributed by atoms with Crippen molar-refractivity contribution < 1.29 is 18.3 Å². The molecule has 0 spiro atoms.